The third kappa shape index (κ3) is 1.90. The minimum Gasteiger partial charge on any atom is -0.385 e. The molecule has 1 aliphatic heterocycles. The van der Waals surface area contributed by atoms with Gasteiger partial charge in [0, 0.05) is 18.8 Å². The first-order chi connectivity index (χ1) is 6.92. The number of fused-ring (bicyclic) bond motifs is 1. The van der Waals surface area contributed by atoms with Crippen LogP contribution in [0.1, 0.15) is 24.5 Å². The molecular weight excluding hydrogens is 174 g/mol. The summed E-state index contributed by atoms with van der Waals surface area (Å²) in [7, 11) is 0. The van der Waals surface area contributed by atoms with Gasteiger partial charge in [-0.1, -0.05) is 12.1 Å². The summed E-state index contributed by atoms with van der Waals surface area (Å²) in [6, 6.07) is 6.43. The Hall–Kier alpha value is -1.02. The highest BCUT2D eigenvalue weighted by Gasteiger charge is 2.11. The zero-order valence-corrected chi connectivity index (χ0v) is 8.68. The van der Waals surface area contributed by atoms with Gasteiger partial charge >= 0.3 is 0 Å². The number of anilines is 1. The fourth-order valence-corrected chi connectivity index (χ4v) is 1.93. The van der Waals surface area contributed by atoms with Crippen LogP contribution in [0.15, 0.2) is 18.2 Å². The van der Waals surface area contributed by atoms with Crippen molar-refractivity contribution in [1.82, 2.24) is 0 Å². The van der Waals surface area contributed by atoms with Gasteiger partial charge in [0.25, 0.3) is 0 Å². The van der Waals surface area contributed by atoms with E-state index in [1.807, 2.05) is 6.92 Å². The third-order valence-electron chi connectivity index (χ3n) is 2.65. The maximum atomic E-state index is 5.46. The van der Waals surface area contributed by atoms with E-state index in [1.54, 1.807) is 0 Å². The van der Waals surface area contributed by atoms with Crippen molar-refractivity contribution in [2.75, 3.05) is 18.5 Å². The van der Waals surface area contributed by atoms with E-state index in [2.05, 4.69) is 23.5 Å². The van der Waals surface area contributed by atoms with Crippen molar-refractivity contribution < 1.29 is 4.74 Å². The molecule has 1 N–H and O–H groups in total. The molecule has 0 aromatic heterocycles. The third-order valence-corrected chi connectivity index (χ3v) is 2.65. The van der Waals surface area contributed by atoms with E-state index < -0.39 is 0 Å². The smallest absolute Gasteiger partial charge is 0.0720 e. The SMILES string of the molecule is CCOCc1cccc2c1CCCN2. The highest BCUT2D eigenvalue weighted by atomic mass is 16.5. The van der Waals surface area contributed by atoms with E-state index >= 15 is 0 Å². The van der Waals surface area contributed by atoms with Crippen molar-refractivity contribution in [2.24, 2.45) is 0 Å². The molecule has 0 amide bonds. The van der Waals surface area contributed by atoms with Gasteiger partial charge in [-0.2, -0.15) is 0 Å². The van der Waals surface area contributed by atoms with Gasteiger partial charge in [-0.05, 0) is 37.0 Å². The molecule has 14 heavy (non-hydrogen) atoms. The molecule has 0 atom stereocenters. The van der Waals surface area contributed by atoms with Crippen LogP contribution in [-0.4, -0.2) is 13.2 Å². The molecule has 2 rings (SSSR count). The largest absolute Gasteiger partial charge is 0.385 e. The molecule has 0 bridgehead atoms. The van der Waals surface area contributed by atoms with Gasteiger partial charge in [0.15, 0.2) is 0 Å². The molecule has 2 heteroatoms. The zero-order valence-electron chi connectivity index (χ0n) is 8.68. The Morgan fingerprint density at radius 2 is 2.36 bits per heavy atom. The van der Waals surface area contributed by atoms with Crippen LogP contribution in [0.4, 0.5) is 5.69 Å². The summed E-state index contributed by atoms with van der Waals surface area (Å²) in [5, 5.41) is 3.42. The Morgan fingerprint density at radius 1 is 1.43 bits per heavy atom. The molecule has 0 radical (unpaired) electrons. The van der Waals surface area contributed by atoms with E-state index in [1.165, 1.54) is 29.7 Å². The minimum absolute atomic E-state index is 0.751. The maximum Gasteiger partial charge on any atom is 0.0720 e. The second kappa shape index (κ2) is 4.47. The normalized spacial score (nSPS) is 14.6. The highest BCUT2D eigenvalue weighted by Crippen LogP contribution is 2.25. The fraction of sp³-hybridized carbons (Fsp3) is 0.500. The molecule has 0 saturated heterocycles. The number of nitrogens with one attached hydrogen (secondary N) is 1. The molecule has 0 spiro atoms. The molecule has 1 aliphatic rings. The summed E-state index contributed by atoms with van der Waals surface area (Å²) < 4.78 is 5.46. The van der Waals surface area contributed by atoms with Gasteiger partial charge in [0.2, 0.25) is 0 Å². The second-order valence-electron chi connectivity index (χ2n) is 3.61. The molecule has 0 unspecified atom stereocenters. The number of ether oxygens (including phenoxy) is 1. The first kappa shape index (κ1) is 9.53. The van der Waals surface area contributed by atoms with Crippen molar-refractivity contribution in [3.05, 3.63) is 29.3 Å². The fourth-order valence-electron chi connectivity index (χ4n) is 1.93. The quantitative estimate of drug-likeness (QED) is 0.793. The Kier molecular flexibility index (Phi) is 3.04. The minimum atomic E-state index is 0.751. The van der Waals surface area contributed by atoms with Crippen LogP contribution in [-0.2, 0) is 17.8 Å². The van der Waals surface area contributed by atoms with Gasteiger partial charge in [-0.3, -0.25) is 0 Å². The number of hydrogen-bond acceptors (Lipinski definition) is 2. The van der Waals surface area contributed by atoms with Crippen LogP contribution < -0.4 is 5.32 Å². The predicted octanol–water partition coefficient (Wildman–Crippen LogP) is 2.58. The lowest BCUT2D eigenvalue weighted by molar-refractivity contribution is 0.133. The molecule has 1 aromatic carbocycles. The molecule has 76 valence electrons. The van der Waals surface area contributed by atoms with Crippen LogP contribution in [0.2, 0.25) is 0 Å². The van der Waals surface area contributed by atoms with Crippen LogP contribution in [0.3, 0.4) is 0 Å². The molecule has 0 saturated carbocycles. The lowest BCUT2D eigenvalue weighted by Gasteiger charge is -2.20. The van der Waals surface area contributed by atoms with E-state index in [-0.39, 0.29) is 0 Å². The topological polar surface area (TPSA) is 21.3 Å². The predicted molar refractivity (Wildman–Crippen MR) is 58.6 cm³/mol. The van der Waals surface area contributed by atoms with Crippen molar-refractivity contribution in [3.8, 4) is 0 Å². The Labute approximate surface area is 85.3 Å². The van der Waals surface area contributed by atoms with Crippen LogP contribution in [0.25, 0.3) is 0 Å². The van der Waals surface area contributed by atoms with Crippen molar-refractivity contribution >= 4 is 5.69 Å². The van der Waals surface area contributed by atoms with Gasteiger partial charge < -0.3 is 10.1 Å². The monoisotopic (exact) mass is 191 g/mol. The first-order valence-electron chi connectivity index (χ1n) is 5.34. The van der Waals surface area contributed by atoms with Crippen LogP contribution in [0, 0.1) is 0 Å². The van der Waals surface area contributed by atoms with Crippen molar-refractivity contribution in [3.63, 3.8) is 0 Å². The summed E-state index contributed by atoms with van der Waals surface area (Å²) in [6.07, 6.45) is 2.42. The van der Waals surface area contributed by atoms with Gasteiger partial charge in [0.05, 0.1) is 6.61 Å². The Balaban J connectivity index is 2.21. The van der Waals surface area contributed by atoms with E-state index in [0.717, 1.165) is 19.8 Å². The maximum absolute atomic E-state index is 5.46. The van der Waals surface area contributed by atoms with E-state index in [9.17, 15) is 0 Å². The van der Waals surface area contributed by atoms with Crippen LogP contribution >= 0.6 is 0 Å². The number of hydrogen-bond donors (Lipinski definition) is 1. The van der Waals surface area contributed by atoms with Crippen molar-refractivity contribution in [2.45, 2.75) is 26.4 Å². The molecule has 2 nitrogen and oxygen atoms in total. The molecule has 0 aliphatic carbocycles. The van der Waals surface area contributed by atoms with Gasteiger partial charge in [-0.15, -0.1) is 0 Å². The Morgan fingerprint density at radius 3 is 3.21 bits per heavy atom. The summed E-state index contributed by atoms with van der Waals surface area (Å²) in [5.74, 6) is 0. The average Bonchev–Trinajstić information content (AvgIpc) is 2.26. The van der Waals surface area contributed by atoms with Gasteiger partial charge in [-0.25, -0.2) is 0 Å². The zero-order chi connectivity index (χ0) is 9.80. The average molecular weight is 191 g/mol. The molecule has 1 heterocycles. The standard InChI is InChI=1S/C12H17NO/c1-2-14-9-10-5-3-7-12-11(10)6-4-8-13-12/h3,5,7,13H,2,4,6,8-9H2,1H3. The van der Waals surface area contributed by atoms with Crippen LogP contribution in [0.5, 0.6) is 0 Å². The highest BCUT2D eigenvalue weighted by molar-refractivity contribution is 5.56. The molecule has 0 fully saturated rings. The molecule has 1 aromatic rings. The van der Waals surface area contributed by atoms with E-state index in [4.69, 9.17) is 4.74 Å². The van der Waals surface area contributed by atoms with E-state index in [0.29, 0.717) is 0 Å². The summed E-state index contributed by atoms with van der Waals surface area (Å²) in [6.45, 7) is 4.68. The van der Waals surface area contributed by atoms with Gasteiger partial charge in [0.1, 0.15) is 0 Å². The Bertz CT molecular complexity index is 309. The summed E-state index contributed by atoms with van der Waals surface area (Å²) in [4.78, 5) is 0. The first-order valence-corrected chi connectivity index (χ1v) is 5.34. The summed E-state index contributed by atoms with van der Waals surface area (Å²) >= 11 is 0. The molecular formula is C12H17NO. The lowest BCUT2D eigenvalue weighted by Crippen LogP contribution is -2.13. The number of benzene rings is 1. The van der Waals surface area contributed by atoms with Crippen molar-refractivity contribution in [1.29, 1.82) is 0 Å². The lowest BCUT2D eigenvalue weighted by atomic mass is 9.98. The second-order valence-corrected chi connectivity index (χ2v) is 3.61. The summed E-state index contributed by atoms with van der Waals surface area (Å²) in [5.41, 5.74) is 4.09. The number of rotatable bonds is 3.